The molecule has 24 heavy (non-hydrogen) atoms. The van der Waals surface area contributed by atoms with E-state index >= 15 is 0 Å². The van der Waals surface area contributed by atoms with Crippen molar-refractivity contribution in [2.24, 2.45) is 0 Å². The summed E-state index contributed by atoms with van der Waals surface area (Å²) in [5.41, 5.74) is 1.56. The van der Waals surface area contributed by atoms with E-state index in [2.05, 4.69) is 35.9 Å². The Bertz CT molecular complexity index is 510. The Morgan fingerprint density at radius 1 is 0.667 bits per heavy atom. The summed E-state index contributed by atoms with van der Waals surface area (Å²) in [4.78, 5) is 2.95. The number of thiophene rings is 2. The third kappa shape index (κ3) is 7.53. The van der Waals surface area contributed by atoms with Crippen molar-refractivity contribution in [3.8, 4) is 9.75 Å². The minimum Gasteiger partial charge on any atom is -0.143 e. The van der Waals surface area contributed by atoms with E-state index in [1.54, 1.807) is 5.56 Å². The number of rotatable bonds is 14. The summed E-state index contributed by atoms with van der Waals surface area (Å²) in [6.45, 7) is 2.29. The summed E-state index contributed by atoms with van der Waals surface area (Å²) >= 11 is 3.77. The molecule has 0 aliphatic heterocycles. The highest BCUT2D eigenvalue weighted by molar-refractivity contribution is 7.20. The van der Waals surface area contributed by atoms with E-state index in [1.807, 2.05) is 22.7 Å². The molecule has 0 spiro atoms. The highest BCUT2D eigenvalue weighted by atomic mass is 32.1. The maximum Gasteiger partial charge on any atom is 0.0474 e. The summed E-state index contributed by atoms with van der Waals surface area (Å²) in [5, 5.41) is 4.44. The van der Waals surface area contributed by atoms with Gasteiger partial charge in [0.2, 0.25) is 0 Å². The SMILES string of the molecule is CCCCCCCCCCCCCCc1ccsc1-c1cccs1. The molecule has 0 bridgehead atoms. The highest BCUT2D eigenvalue weighted by Crippen LogP contribution is 2.33. The minimum atomic E-state index is 1.26. The molecule has 0 aliphatic rings. The zero-order chi connectivity index (χ0) is 16.9. The second kappa shape index (κ2) is 12.7. The molecular weight excluding hydrogens is 328 g/mol. The molecule has 0 aliphatic carbocycles. The average molecular weight is 363 g/mol. The molecule has 0 atom stereocenters. The molecule has 0 saturated carbocycles. The van der Waals surface area contributed by atoms with E-state index in [-0.39, 0.29) is 0 Å². The quantitative estimate of drug-likeness (QED) is 0.295. The number of hydrogen-bond acceptors (Lipinski definition) is 2. The van der Waals surface area contributed by atoms with Gasteiger partial charge >= 0.3 is 0 Å². The van der Waals surface area contributed by atoms with Gasteiger partial charge in [-0.25, -0.2) is 0 Å². The smallest absolute Gasteiger partial charge is 0.0474 e. The highest BCUT2D eigenvalue weighted by Gasteiger charge is 2.07. The molecule has 134 valence electrons. The lowest BCUT2D eigenvalue weighted by atomic mass is 10.0. The van der Waals surface area contributed by atoms with Gasteiger partial charge in [-0.1, -0.05) is 83.6 Å². The summed E-state index contributed by atoms with van der Waals surface area (Å²) in [6, 6.07) is 6.74. The van der Waals surface area contributed by atoms with Crippen molar-refractivity contribution in [3.63, 3.8) is 0 Å². The van der Waals surface area contributed by atoms with Gasteiger partial charge in [-0.3, -0.25) is 0 Å². The molecule has 0 aromatic carbocycles. The Morgan fingerprint density at radius 2 is 1.29 bits per heavy atom. The molecule has 0 saturated heterocycles. The molecular formula is C22H34S2. The predicted molar refractivity (Wildman–Crippen MR) is 112 cm³/mol. The van der Waals surface area contributed by atoms with Gasteiger partial charge in [0.05, 0.1) is 0 Å². The zero-order valence-corrected chi connectivity index (χ0v) is 17.0. The van der Waals surface area contributed by atoms with Gasteiger partial charge in [-0.2, -0.15) is 0 Å². The van der Waals surface area contributed by atoms with Crippen molar-refractivity contribution in [2.45, 2.75) is 90.4 Å². The summed E-state index contributed by atoms with van der Waals surface area (Å²) in [5.74, 6) is 0. The van der Waals surface area contributed by atoms with Crippen LogP contribution in [0.4, 0.5) is 0 Å². The Morgan fingerprint density at radius 3 is 1.88 bits per heavy atom. The molecule has 0 unspecified atom stereocenters. The van der Waals surface area contributed by atoms with E-state index in [0.29, 0.717) is 0 Å². The van der Waals surface area contributed by atoms with Crippen molar-refractivity contribution < 1.29 is 0 Å². The van der Waals surface area contributed by atoms with Gasteiger partial charge in [-0.15, -0.1) is 22.7 Å². The van der Waals surface area contributed by atoms with Crippen LogP contribution in [-0.4, -0.2) is 0 Å². The Kier molecular flexibility index (Phi) is 10.5. The molecule has 2 aromatic heterocycles. The van der Waals surface area contributed by atoms with Gasteiger partial charge in [0.1, 0.15) is 0 Å². The molecule has 0 N–H and O–H groups in total. The summed E-state index contributed by atoms with van der Waals surface area (Å²) in [6.07, 6.45) is 18.4. The number of unbranched alkanes of at least 4 members (excludes halogenated alkanes) is 11. The number of hydrogen-bond donors (Lipinski definition) is 0. The van der Waals surface area contributed by atoms with Crippen molar-refractivity contribution in [1.82, 2.24) is 0 Å². The van der Waals surface area contributed by atoms with E-state index in [0.717, 1.165) is 0 Å². The van der Waals surface area contributed by atoms with Crippen molar-refractivity contribution in [1.29, 1.82) is 0 Å². The summed E-state index contributed by atoms with van der Waals surface area (Å²) < 4.78 is 0. The van der Waals surface area contributed by atoms with Crippen molar-refractivity contribution in [2.75, 3.05) is 0 Å². The van der Waals surface area contributed by atoms with Crippen LogP contribution >= 0.6 is 22.7 Å². The van der Waals surface area contributed by atoms with Crippen LogP contribution < -0.4 is 0 Å². The third-order valence-corrected chi connectivity index (χ3v) is 6.80. The lowest BCUT2D eigenvalue weighted by Gasteiger charge is -2.04. The minimum absolute atomic E-state index is 1.26. The van der Waals surface area contributed by atoms with E-state index in [4.69, 9.17) is 0 Å². The largest absolute Gasteiger partial charge is 0.143 e. The first kappa shape index (κ1) is 19.7. The topological polar surface area (TPSA) is 0 Å². The van der Waals surface area contributed by atoms with Gasteiger partial charge < -0.3 is 0 Å². The molecule has 2 heteroatoms. The predicted octanol–water partition coefficient (Wildman–Crippen LogP) is 8.72. The molecule has 2 rings (SSSR count). The van der Waals surface area contributed by atoms with Crippen LogP contribution in [-0.2, 0) is 6.42 Å². The fraction of sp³-hybridized carbons (Fsp3) is 0.636. The fourth-order valence-corrected chi connectivity index (χ4v) is 5.17. The van der Waals surface area contributed by atoms with Crippen LogP contribution in [0.2, 0.25) is 0 Å². The maximum atomic E-state index is 2.33. The molecule has 0 radical (unpaired) electrons. The Labute approximate surface area is 157 Å². The van der Waals surface area contributed by atoms with Gasteiger partial charge in [0.15, 0.2) is 0 Å². The maximum absolute atomic E-state index is 2.33. The lowest BCUT2D eigenvalue weighted by Crippen LogP contribution is -1.86. The van der Waals surface area contributed by atoms with Crippen molar-refractivity contribution in [3.05, 3.63) is 34.5 Å². The van der Waals surface area contributed by atoms with Crippen LogP contribution in [0.1, 0.15) is 89.5 Å². The van der Waals surface area contributed by atoms with Gasteiger partial charge in [-0.05, 0) is 41.3 Å². The lowest BCUT2D eigenvalue weighted by molar-refractivity contribution is 0.544. The van der Waals surface area contributed by atoms with Crippen LogP contribution in [0.3, 0.4) is 0 Å². The molecule has 2 aromatic rings. The second-order valence-electron chi connectivity index (χ2n) is 6.89. The third-order valence-electron chi connectivity index (χ3n) is 4.79. The Hall–Kier alpha value is -0.600. The first-order valence-corrected chi connectivity index (χ1v) is 11.8. The molecule has 0 nitrogen and oxygen atoms in total. The monoisotopic (exact) mass is 362 g/mol. The number of aryl methyl sites for hydroxylation is 1. The van der Waals surface area contributed by atoms with E-state index in [9.17, 15) is 0 Å². The van der Waals surface area contributed by atoms with Gasteiger partial charge in [0.25, 0.3) is 0 Å². The van der Waals surface area contributed by atoms with Crippen LogP contribution in [0.5, 0.6) is 0 Å². The summed E-state index contributed by atoms with van der Waals surface area (Å²) in [7, 11) is 0. The first-order valence-electron chi connectivity index (χ1n) is 10.0. The average Bonchev–Trinajstić information content (AvgIpc) is 3.26. The van der Waals surface area contributed by atoms with Crippen molar-refractivity contribution >= 4 is 22.7 Å². The molecule has 0 fully saturated rings. The fourth-order valence-electron chi connectivity index (χ4n) is 3.31. The Balaban J connectivity index is 1.46. The molecule has 2 heterocycles. The normalized spacial score (nSPS) is 11.2. The van der Waals surface area contributed by atoms with Gasteiger partial charge in [0, 0.05) is 9.75 Å². The van der Waals surface area contributed by atoms with Crippen LogP contribution in [0, 0.1) is 0 Å². The zero-order valence-electron chi connectivity index (χ0n) is 15.4. The standard InChI is InChI=1S/C22H34S2/c1-2-3-4-5-6-7-8-9-10-11-12-13-15-20-17-19-24-22(20)21-16-14-18-23-21/h14,16-19H,2-13,15H2,1H3. The van der Waals surface area contributed by atoms with Crippen LogP contribution in [0.25, 0.3) is 9.75 Å². The second-order valence-corrected chi connectivity index (χ2v) is 8.76. The van der Waals surface area contributed by atoms with E-state index < -0.39 is 0 Å². The van der Waals surface area contributed by atoms with Crippen LogP contribution in [0.15, 0.2) is 29.0 Å². The molecule has 0 amide bonds. The first-order chi connectivity index (χ1) is 11.9. The van der Waals surface area contributed by atoms with E-state index in [1.165, 1.54) is 93.2 Å².